The highest BCUT2D eigenvalue weighted by Gasteiger charge is 2.31. The Morgan fingerprint density at radius 3 is 2.79 bits per heavy atom. The molecule has 0 radical (unpaired) electrons. The highest BCUT2D eigenvalue weighted by molar-refractivity contribution is 5.89. The number of aryl methyl sites for hydroxylation is 1. The quantitative estimate of drug-likeness (QED) is 0.913. The zero-order chi connectivity index (χ0) is 17.4. The number of fused-ring (bicyclic) bond motifs is 1. The highest BCUT2D eigenvalue weighted by atomic mass is 19.1. The van der Waals surface area contributed by atoms with Gasteiger partial charge in [0.15, 0.2) is 0 Å². The van der Waals surface area contributed by atoms with Gasteiger partial charge in [-0.3, -0.25) is 4.90 Å². The van der Waals surface area contributed by atoms with E-state index in [1.807, 2.05) is 0 Å². The summed E-state index contributed by atoms with van der Waals surface area (Å²) in [5, 5.41) is 9.42. The fourth-order valence-corrected chi connectivity index (χ4v) is 2.74. The van der Waals surface area contributed by atoms with E-state index in [2.05, 4.69) is 4.98 Å². The van der Waals surface area contributed by atoms with Gasteiger partial charge in [-0.25, -0.2) is 18.6 Å². The second-order valence-electron chi connectivity index (χ2n) is 5.78. The van der Waals surface area contributed by atoms with Crippen LogP contribution >= 0.6 is 0 Å². The van der Waals surface area contributed by atoms with Crippen molar-refractivity contribution in [1.82, 2.24) is 4.98 Å². The molecule has 126 valence electrons. The van der Waals surface area contributed by atoms with E-state index in [-0.39, 0.29) is 24.9 Å². The first-order chi connectivity index (χ1) is 11.4. The molecule has 0 aliphatic carbocycles. The summed E-state index contributed by atoms with van der Waals surface area (Å²) in [6.45, 7) is 3.69. The molecule has 2 aromatic rings. The molecule has 0 saturated heterocycles. The van der Waals surface area contributed by atoms with Gasteiger partial charge in [0.05, 0.1) is 6.04 Å². The topological polar surface area (TPSA) is 62.7 Å². The molecule has 1 unspecified atom stereocenters. The Hall–Kier alpha value is -2.70. The Kier molecular flexibility index (Phi) is 4.09. The molecule has 0 spiro atoms. The fourth-order valence-electron chi connectivity index (χ4n) is 2.74. The number of hydrogen-bond acceptors (Lipinski definition) is 3. The maximum Gasteiger partial charge on any atom is 0.412 e. The van der Waals surface area contributed by atoms with Crippen molar-refractivity contribution in [3.8, 4) is 5.88 Å². The van der Waals surface area contributed by atoms with Gasteiger partial charge in [-0.15, -0.1) is 0 Å². The van der Waals surface area contributed by atoms with Gasteiger partial charge in [0.1, 0.15) is 23.9 Å². The van der Waals surface area contributed by atoms with Gasteiger partial charge in [0.25, 0.3) is 0 Å². The normalized spacial score (nSPS) is 16.5. The first kappa shape index (κ1) is 16.2. The molecule has 24 heavy (non-hydrogen) atoms. The summed E-state index contributed by atoms with van der Waals surface area (Å²) in [7, 11) is 0. The third-order valence-electron chi connectivity index (χ3n) is 4.03. The minimum absolute atomic E-state index is 0.181. The van der Waals surface area contributed by atoms with Crippen LogP contribution in [0.15, 0.2) is 24.3 Å². The van der Waals surface area contributed by atoms with Crippen molar-refractivity contribution in [3.05, 3.63) is 52.7 Å². The van der Waals surface area contributed by atoms with Crippen LogP contribution in [0.4, 0.5) is 19.3 Å². The zero-order valence-electron chi connectivity index (χ0n) is 13.2. The van der Waals surface area contributed by atoms with Gasteiger partial charge in [0.2, 0.25) is 5.88 Å². The molecular formula is C17H16F2N2O3. The minimum Gasteiger partial charge on any atom is -0.474 e. The van der Waals surface area contributed by atoms with Gasteiger partial charge in [0, 0.05) is 18.2 Å². The van der Waals surface area contributed by atoms with Gasteiger partial charge in [-0.2, -0.15) is 0 Å². The van der Waals surface area contributed by atoms with Gasteiger partial charge in [-0.05, 0) is 37.1 Å². The molecule has 7 heteroatoms. The van der Waals surface area contributed by atoms with Crippen molar-refractivity contribution in [3.63, 3.8) is 0 Å². The molecule has 3 rings (SSSR count). The van der Waals surface area contributed by atoms with Crippen molar-refractivity contribution in [2.45, 2.75) is 26.3 Å². The highest BCUT2D eigenvalue weighted by Crippen LogP contribution is 2.34. The molecule has 5 nitrogen and oxygen atoms in total. The predicted octanol–water partition coefficient (Wildman–Crippen LogP) is 3.52. The van der Waals surface area contributed by atoms with Crippen molar-refractivity contribution in [2.24, 2.45) is 0 Å². The van der Waals surface area contributed by atoms with E-state index in [1.54, 1.807) is 19.9 Å². The van der Waals surface area contributed by atoms with Crippen LogP contribution in [-0.2, 0) is 6.42 Å². The van der Waals surface area contributed by atoms with E-state index in [1.165, 1.54) is 17.0 Å². The lowest BCUT2D eigenvalue weighted by atomic mass is 10.0. The maximum atomic E-state index is 13.9. The van der Waals surface area contributed by atoms with E-state index in [4.69, 9.17) is 4.74 Å². The second kappa shape index (κ2) is 6.07. The van der Waals surface area contributed by atoms with Crippen LogP contribution in [0.2, 0.25) is 0 Å². The number of rotatable bonds is 2. The number of aromatic nitrogens is 1. The molecule has 1 aliphatic rings. The molecule has 0 saturated carbocycles. The Morgan fingerprint density at radius 2 is 2.12 bits per heavy atom. The largest absolute Gasteiger partial charge is 0.474 e. The number of amides is 1. The standard InChI is InChI=1S/C17H16F2N2O3/c1-9-8-24-16-15(21(9)17(22)23)6-12(10(2)20-16)5-11-3-4-13(18)7-14(11)19/h3-4,6-7,9H,5,8H2,1-2H3,(H,22,23). The van der Waals surface area contributed by atoms with Crippen LogP contribution in [0.5, 0.6) is 5.88 Å². The Bertz CT molecular complexity index is 811. The number of benzene rings is 1. The van der Waals surface area contributed by atoms with E-state index in [0.717, 1.165) is 6.07 Å². The number of nitrogens with zero attached hydrogens (tertiary/aromatic N) is 2. The molecule has 0 fully saturated rings. The summed E-state index contributed by atoms with van der Waals surface area (Å²) < 4.78 is 32.4. The van der Waals surface area contributed by atoms with Crippen molar-refractivity contribution in [1.29, 1.82) is 0 Å². The van der Waals surface area contributed by atoms with Crippen molar-refractivity contribution in [2.75, 3.05) is 11.5 Å². The van der Waals surface area contributed by atoms with Crippen molar-refractivity contribution < 1.29 is 23.4 Å². The number of ether oxygens (including phenoxy) is 1. The zero-order valence-corrected chi connectivity index (χ0v) is 13.2. The van der Waals surface area contributed by atoms with Crippen LogP contribution in [0, 0.1) is 18.6 Å². The summed E-state index contributed by atoms with van der Waals surface area (Å²) in [5.74, 6) is -1.04. The summed E-state index contributed by atoms with van der Waals surface area (Å²) in [6.07, 6.45) is -0.920. The van der Waals surface area contributed by atoms with E-state index < -0.39 is 17.7 Å². The van der Waals surface area contributed by atoms with Gasteiger partial charge < -0.3 is 9.84 Å². The summed E-state index contributed by atoms with van der Waals surface area (Å²) in [6, 6.07) is 4.68. The fraction of sp³-hybridized carbons (Fsp3) is 0.294. The first-order valence-corrected chi connectivity index (χ1v) is 7.46. The van der Waals surface area contributed by atoms with Crippen LogP contribution in [-0.4, -0.2) is 28.8 Å². The van der Waals surface area contributed by atoms with Gasteiger partial charge in [-0.1, -0.05) is 6.07 Å². The molecule has 1 atom stereocenters. The second-order valence-corrected chi connectivity index (χ2v) is 5.78. The van der Waals surface area contributed by atoms with E-state index >= 15 is 0 Å². The number of carboxylic acid groups (broad SMARTS) is 1. The molecular weight excluding hydrogens is 318 g/mol. The molecule has 0 bridgehead atoms. The van der Waals surface area contributed by atoms with E-state index in [0.29, 0.717) is 22.5 Å². The van der Waals surface area contributed by atoms with Crippen molar-refractivity contribution >= 4 is 11.8 Å². The first-order valence-electron chi connectivity index (χ1n) is 7.46. The van der Waals surface area contributed by atoms with E-state index in [9.17, 15) is 18.7 Å². The molecule has 2 heterocycles. The van der Waals surface area contributed by atoms with Crippen LogP contribution in [0.3, 0.4) is 0 Å². The molecule has 1 N–H and O–H groups in total. The summed E-state index contributed by atoms with van der Waals surface area (Å²) >= 11 is 0. The smallest absolute Gasteiger partial charge is 0.412 e. The third-order valence-corrected chi connectivity index (χ3v) is 4.03. The SMILES string of the molecule is Cc1nc2c(cc1Cc1ccc(F)cc1F)N(C(=O)O)C(C)CO2. The Morgan fingerprint density at radius 1 is 1.38 bits per heavy atom. The maximum absolute atomic E-state index is 13.9. The Balaban J connectivity index is 2.02. The monoisotopic (exact) mass is 334 g/mol. The lowest BCUT2D eigenvalue weighted by Crippen LogP contribution is -2.44. The number of carbonyl (C=O) groups is 1. The molecule has 1 aromatic heterocycles. The third kappa shape index (κ3) is 2.89. The minimum atomic E-state index is -1.10. The number of pyridine rings is 1. The predicted molar refractivity (Wildman–Crippen MR) is 83.6 cm³/mol. The number of halogens is 2. The van der Waals surface area contributed by atoms with Crippen LogP contribution in [0.25, 0.3) is 0 Å². The average molecular weight is 334 g/mol. The number of hydrogen-bond donors (Lipinski definition) is 1. The molecule has 1 aliphatic heterocycles. The Labute approximate surface area is 137 Å². The summed E-state index contributed by atoms with van der Waals surface area (Å²) in [4.78, 5) is 17.0. The molecule has 1 amide bonds. The lowest BCUT2D eigenvalue weighted by molar-refractivity contribution is 0.188. The molecule has 1 aromatic carbocycles. The van der Waals surface area contributed by atoms with Gasteiger partial charge >= 0.3 is 6.09 Å². The summed E-state index contributed by atoms with van der Waals surface area (Å²) in [5.41, 5.74) is 1.91. The average Bonchev–Trinajstić information content (AvgIpc) is 2.50. The van der Waals surface area contributed by atoms with Crippen LogP contribution in [0.1, 0.15) is 23.7 Å². The number of anilines is 1. The lowest BCUT2D eigenvalue weighted by Gasteiger charge is -2.32. The van der Waals surface area contributed by atoms with Crippen LogP contribution < -0.4 is 9.64 Å².